The predicted octanol–water partition coefficient (Wildman–Crippen LogP) is 2.89. The number of carbonyl (C=O) groups excluding carboxylic acids is 1. The largest absolute Gasteiger partial charge is 0.381 e. The number of rotatable bonds is 5. The lowest BCUT2D eigenvalue weighted by Gasteiger charge is -2.14. The van der Waals surface area contributed by atoms with E-state index in [1.54, 1.807) is 7.11 Å². The Morgan fingerprint density at radius 1 is 1.35 bits per heavy atom. The van der Waals surface area contributed by atoms with E-state index in [4.69, 9.17) is 4.74 Å². The number of nitrogens with one attached hydrogen (secondary N) is 3. The molecule has 0 aliphatic heterocycles. The van der Waals surface area contributed by atoms with Gasteiger partial charge in [-0.1, -0.05) is 18.2 Å². The standard InChI is InChI=1S/C18H25N3O2/c1-12-15(16-5-3-4-6-17(16)20-12)9-10-19-18(22)21-13-7-8-14(11-13)23-2/h3-6,13-14,20H,7-11H2,1-2H3,(H2,19,21,22)/t13-,14+/m0/s1. The highest BCUT2D eigenvalue weighted by molar-refractivity contribution is 5.84. The van der Waals surface area contributed by atoms with Gasteiger partial charge in [-0.2, -0.15) is 0 Å². The summed E-state index contributed by atoms with van der Waals surface area (Å²) in [5, 5.41) is 7.25. The van der Waals surface area contributed by atoms with Gasteiger partial charge in [0.25, 0.3) is 0 Å². The number of aryl methyl sites for hydroxylation is 1. The molecular formula is C18H25N3O2. The molecule has 1 aromatic carbocycles. The van der Waals surface area contributed by atoms with Crippen molar-refractivity contribution < 1.29 is 9.53 Å². The minimum absolute atomic E-state index is 0.0794. The first-order chi connectivity index (χ1) is 11.2. The number of hydrogen-bond acceptors (Lipinski definition) is 2. The van der Waals surface area contributed by atoms with Gasteiger partial charge in [-0.3, -0.25) is 0 Å². The summed E-state index contributed by atoms with van der Waals surface area (Å²) >= 11 is 0. The van der Waals surface area contributed by atoms with Crippen LogP contribution in [0.4, 0.5) is 4.79 Å². The fourth-order valence-corrected chi connectivity index (χ4v) is 3.48. The van der Waals surface area contributed by atoms with E-state index < -0.39 is 0 Å². The van der Waals surface area contributed by atoms with Crippen LogP contribution in [0.5, 0.6) is 0 Å². The highest BCUT2D eigenvalue weighted by Gasteiger charge is 2.25. The summed E-state index contributed by atoms with van der Waals surface area (Å²) in [7, 11) is 1.73. The average Bonchev–Trinajstić information content (AvgIpc) is 3.12. The maximum atomic E-state index is 12.0. The zero-order valence-electron chi connectivity index (χ0n) is 13.8. The normalized spacial score (nSPS) is 20.8. The van der Waals surface area contributed by atoms with E-state index in [-0.39, 0.29) is 18.2 Å². The number of aromatic nitrogens is 1. The van der Waals surface area contributed by atoms with Crippen LogP contribution in [0.3, 0.4) is 0 Å². The molecule has 5 heteroatoms. The van der Waals surface area contributed by atoms with Crippen molar-refractivity contribution in [1.82, 2.24) is 15.6 Å². The van der Waals surface area contributed by atoms with Gasteiger partial charge >= 0.3 is 6.03 Å². The smallest absolute Gasteiger partial charge is 0.315 e. The average molecular weight is 315 g/mol. The molecule has 2 atom stereocenters. The maximum absolute atomic E-state index is 12.0. The molecule has 3 rings (SSSR count). The van der Waals surface area contributed by atoms with Gasteiger partial charge in [-0.25, -0.2) is 4.79 Å². The van der Waals surface area contributed by atoms with Gasteiger partial charge in [0.05, 0.1) is 6.10 Å². The van der Waals surface area contributed by atoms with E-state index in [2.05, 4.69) is 34.7 Å². The minimum Gasteiger partial charge on any atom is -0.381 e. The number of amides is 2. The fourth-order valence-electron chi connectivity index (χ4n) is 3.48. The molecule has 1 aromatic heterocycles. The van der Waals surface area contributed by atoms with Crippen LogP contribution in [0, 0.1) is 6.92 Å². The Labute approximate surface area is 136 Å². The molecule has 1 fully saturated rings. The molecule has 5 nitrogen and oxygen atoms in total. The summed E-state index contributed by atoms with van der Waals surface area (Å²) in [5.74, 6) is 0. The van der Waals surface area contributed by atoms with Gasteiger partial charge in [0.2, 0.25) is 0 Å². The zero-order valence-corrected chi connectivity index (χ0v) is 13.8. The third-order valence-electron chi connectivity index (χ3n) is 4.74. The quantitative estimate of drug-likeness (QED) is 0.794. The highest BCUT2D eigenvalue weighted by atomic mass is 16.5. The Morgan fingerprint density at radius 2 is 2.17 bits per heavy atom. The van der Waals surface area contributed by atoms with Crippen LogP contribution >= 0.6 is 0 Å². The van der Waals surface area contributed by atoms with Crippen LogP contribution < -0.4 is 10.6 Å². The third-order valence-corrected chi connectivity index (χ3v) is 4.74. The molecule has 2 amide bonds. The molecule has 0 unspecified atom stereocenters. The van der Waals surface area contributed by atoms with E-state index in [0.717, 1.165) is 31.2 Å². The van der Waals surface area contributed by atoms with Crippen LogP contribution in [0.2, 0.25) is 0 Å². The van der Waals surface area contributed by atoms with E-state index >= 15 is 0 Å². The van der Waals surface area contributed by atoms with E-state index in [1.807, 2.05) is 12.1 Å². The molecule has 1 heterocycles. The Balaban J connectivity index is 1.49. The molecule has 1 saturated carbocycles. The summed E-state index contributed by atoms with van der Waals surface area (Å²) in [6, 6.07) is 8.43. The Bertz CT molecular complexity index is 680. The summed E-state index contributed by atoms with van der Waals surface area (Å²) in [6.45, 7) is 2.72. The Morgan fingerprint density at radius 3 is 2.96 bits per heavy atom. The van der Waals surface area contributed by atoms with Crippen LogP contribution in [-0.2, 0) is 11.2 Å². The van der Waals surface area contributed by atoms with Crippen molar-refractivity contribution in [3.05, 3.63) is 35.5 Å². The number of aromatic amines is 1. The monoisotopic (exact) mass is 315 g/mol. The molecule has 124 valence electrons. The molecule has 3 N–H and O–H groups in total. The van der Waals surface area contributed by atoms with Crippen LogP contribution in [-0.4, -0.2) is 36.8 Å². The second-order valence-electron chi connectivity index (χ2n) is 6.29. The first-order valence-corrected chi connectivity index (χ1v) is 8.30. The molecular weight excluding hydrogens is 290 g/mol. The first kappa shape index (κ1) is 15.9. The van der Waals surface area contributed by atoms with Crippen LogP contribution in [0.1, 0.15) is 30.5 Å². The van der Waals surface area contributed by atoms with E-state index in [9.17, 15) is 4.79 Å². The zero-order chi connectivity index (χ0) is 16.2. The van der Waals surface area contributed by atoms with Gasteiger partial charge in [0.15, 0.2) is 0 Å². The third kappa shape index (κ3) is 3.67. The lowest BCUT2D eigenvalue weighted by Crippen LogP contribution is -2.42. The van der Waals surface area contributed by atoms with Gasteiger partial charge < -0.3 is 20.4 Å². The topological polar surface area (TPSA) is 66.2 Å². The van der Waals surface area contributed by atoms with Crippen molar-refractivity contribution >= 4 is 16.9 Å². The van der Waals surface area contributed by atoms with E-state index in [0.29, 0.717) is 6.54 Å². The van der Waals surface area contributed by atoms with Crippen LogP contribution in [0.25, 0.3) is 10.9 Å². The summed E-state index contributed by atoms with van der Waals surface area (Å²) in [4.78, 5) is 15.4. The van der Waals surface area contributed by atoms with Crippen LogP contribution in [0.15, 0.2) is 24.3 Å². The fraction of sp³-hybridized carbons (Fsp3) is 0.500. The molecule has 0 spiro atoms. The van der Waals surface area contributed by atoms with Crippen molar-refractivity contribution in [1.29, 1.82) is 0 Å². The second kappa shape index (κ2) is 7.04. The lowest BCUT2D eigenvalue weighted by molar-refractivity contribution is 0.107. The molecule has 0 saturated heterocycles. The number of fused-ring (bicyclic) bond motifs is 1. The van der Waals surface area contributed by atoms with E-state index in [1.165, 1.54) is 16.6 Å². The number of H-pyrrole nitrogens is 1. The Kier molecular flexibility index (Phi) is 4.86. The van der Waals surface area contributed by atoms with Crippen molar-refractivity contribution in [2.45, 2.75) is 44.8 Å². The molecule has 1 aliphatic rings. The number of para-hydroxylation sites is 1. The number of urea groups is 1. The highest BCUT2D eigenvalue weighted by Crippen LogP contribution is 2.22. The number of carbonyl (C=O) groups is 1. The molecule has 23 heavy (non-hydrogen) atoms. The van der Waals surface area contributed by atoms with Crippen molar-refractivity contribution in [3.63, 3.8) is 0 Å². The van der Waals surface area contributed by atoms with Gasteiger partial charge in [-0.05, 0) is 44.2 Å². The first-order valence-electron chi connectivity index (χ1n) is 8.30. The van der Waals surface area contributed by atoms with Gasteiger partial charge in [0, 0.05) is 36.3 Å². The molecule has 1 aliphatic carbocycles. The van der Waals surface area contributed by atoms with Crippen molar-refractivity contribution in [2.24, 2.45) is 0 Å². The summed E-state index contributed by atoms with van der Waals surface area (Å²) < 4.78 is 5.33. The second-order valence-corrected chi connectivity index (χ2v) is 6.29. The maximum Gasteiger partial charge on any atom is 0.315 e. The van der Waals surface area contributed by atoms with Gasteiger partial charge in [-0.15, -0.1) is 0 Å². The van der Waals surface area contributed by atoms with Gasteiger partial charge in [0.1, 0.15) is 0 Å². The number of hydrogen-bond donors (Lipinski definition) is 3. The number of ether oxygens (including phenoxy) is 1. The van der Waals surface area contributed by atoms with Crippen molar-refractivity contribution in [3.8, 4) is 0 Å². The molecule has 2 aromatic rings. The summed E-state index contributed by atoms with van der Waals surface area (Å²) in [5.41, 5.74) is 3.61. The molecule has 0 bridgehead atoms. The van der Waals surface area contributed by atoms with Crippen molar-refractivity contribution in [2.75, 3.05) is 13.7 Å². The minimum atomic E-state index is -0.0794. The predicted molar refractivity (Wildman–Crippen MR) is 91.7 cm³/mol. The lowest BCUT2D eigenvalue weighted by atomic mass is 10.1. The molecule has 0 radical (unpaired) electrons. The number of methoxy groups -OCH3 is 1. The Hall–Kier alpha value is -2.01. The SMILES string of the molecule is CO[C@@H]1CC[C@H](NC(=O)NCCc2c(C)[nH]c3ccccc23)C1. The number of benzene rings is 1. The summed E-state index contributed by atoms with van der Waals surface area (Å²) in [6.07, 6.45) is 4.04.